The van der Waals surface area contributed by atoms with Gasteiger partial charge in [-0.3, -0.25) is 9.52 Å². The summed E-state index contributed by atoms with van der Waals surface area (Å²) in [6.45, 7) is 0. The molecular formula is C19H14Cl2N2O3S. The molecule has 0 saturated heterocycles. The molecule has 0 aliphatic carbocycles. The molecule has 8 heteroatoms. The van der Waals surface area contributed by atoms with Crippen molar-refractivity contribution in [3.05, 3.63) is 88.4 Å². The van der Waals surface area contributed by atoms with Crippen molar-refractivity contribution in [2.45, 2.75) is 4.90 Å². The fourth-order valence-corrected chi connectivity index (χ4v) is 3.65. The number of rotatable bonds is 5. The molecule has 138 valence electrons. The zero-order valence-corrected chi connectivity index (χ0v) is 16.1. The standard InChI is InChI=1S/C19H14Cl2N2O3S/c20-14-6-4-13(5-7-14)19(24)22-16-8-10-18(11-9-16)27(25,26)23-17-3-1-2-15(21)12-17/h1-12,23H,(H,22,24). The third kappa shape index (κ3) is 5.01. The molecule has 0 aliphatic rings. The Bertz CT molecular complexity index is 1070. The maximum absolute atomic E-state index is 12.4. The van der Waals surface area contributed by atoms with Crippen molar-refractivity contribution in [1.82, 2.24) is 0 Å². The number of halogens is 2. The number of nitrogens with one attached hydrogen (secondary N) is 2. The molecule has 27 heavy (non-hydrogen) atoms. The smallest absolute Gasteiger partial charge is 0.261 e. The summed E-state index contributed by atoms with van der Waals surface area (Å²) >= 11 is 11.7. The van der Waals surface area contributed by atoms with Crippen LogP contribution in [0.4, 0.5) is 11.4 Å². The normalized spacial score (nSPS) is 11.0. The van der Waals surface area contributed by atoms with Crippen LogP contribution < -0.4 is 10.0 Å². The Morgan fingerprint density at radius 2 is 1.44 bits per heavy atom. The molecule has 0 aromatic heterocycles. The third-order valence-corrected chi connectivity index (χ3v) is 5.49. The maximum Gasteiger partial charge on any atom is 0.261 e. The minimum absolute atomic E-state index is 0.0620. The molecule has 0 unspecified atom stereocenters. The molecule has 0 fully saturated rings. The van der Waals surface area contributed by atoms with Crippen LogP contribution in [0.2, 0.25) is 10.0 Å². The van der Waals surface area contributed by atoms with E-state index in [0.717, 1.165) is 0 Å². The number of anilines is 2. The topological polar surface area (TPSA) is 75.3 Å². The van der Waals surface area contributed by atoms with E-state index in [9.17, 15) is 13.2 Å². The van der Waals surface area contributed by atoms with Gasteiger partial charge in [0.25, 0.3) is 15.9 Å². The van der Waals surface area contributed by atoms with Gasteiger partial charge >= 0.3 is 0 Å². The van der Waals surface area contributed by atoms with E-state index in [0.29, 0.717) is 27.0 Å². The van der Waals surface area contributed by atoms with Crippen LogP contribution in [-0.4, -0.2) is 14.3 Å². The quantitative estimate of drug-likeness (QED) is 0.606. The summed E-state index contributed by atoms with van der Waals surface area (Å²) < 4.78 is 27.3. The second-order valence-corrected chi connectivity index (χ2v) is 8.16. The van der Waals surface area contributed by atoms with Crippen molar-refractivity contribution in [2.24, 2.45) is 0 Å². The van der Waals surface area contributed by atoms with Crippen molar-refractivity contribution in [2.75, 3.05) is 10.0 Å². The monoisotopic (exact) mass is 420 g/mol. The molecule has 0 bridgehead atoms. The Morgan fingerprint density at radius 3 is 2.07 bits per heavy atom. The molecule has 5 nitrogen and oxygen atoms in total. The van der Waals surface area contributed by atoms with Crippen LogP contribution in [0.3, 0.4) is 0 Å². The lowest BCUT2D eigenvalue weighted by atomic mass is 10.2. The van der Waals surface area contributed by atoms with E-state index in [2.05, 4.69) is 10.0 Å². The van der Waals surface area contributed by atoms with Crippen molar-refractivity contribution >= 4 is 50.5 Å². The van der Waals surface area contributed by atoms with Crippen LogP contribution in [-0.2, 0) is 10.0 Å². The second kappa shape index (κ2) is 8.00. The molecule has 3 aromatic carbocycles. The zero-order chi connectivity index (χ0) is 19.4. The SMILES string of the molecule is O=C(Nc1ccc(S(=O)(=O)Nc2cccc(Cl)c2)cc1)c1ccc(Cl)cc1. The molecular weight excluding hydrogens is 407 g/mol. The molecule has 3 rings (SSSR count). The predicted octanol–water partition coefficient (Wildman–Crippen LogP) is 5.05. The van der Waals surface area contributed by atoms with Crippen LogP contribution in [0.5, 0.6) is 0 Å². The molecule has 2 N–H and O–H groups in total. The van der Waals surface area contributed by atoms with Crippen LogP contribution in [0.15, 0.2) is 77.7 Å². The summed E-state index contributed by atoms with van der Waals surface area (Å²) in [7, 11) is -3.77. The van der Waals surface area contributed by atoms with Crippen molar-refractivity contribution < 1.29 is 13.2 Å². The van der Waals surface area contributed by atoms with Crippen LogP contribution >= 0.6 is 23.2 Å². The van der Waals surface area contributed by atoms with E-state index < -0.39 is 10.0 Å². The first-order valence-corrected chi connectivity index (χ1v) is 10.0. The Hall–Kier alpha value is -2.54. The summed E-state index contributed by atoms with van der Waals surface area (Å²) in [6.07, 6.45) is 0. The first kappa shape index (κ1) is 19.2. The summed E-state index contributed by atoms with van der Waals surface area (Å²) in [6, 6.07) is 18.7. The van der Waals surface area contributed by atoms with Gasteiger partial charge in [0.05, 0.1) is 10.6 Å². The average molecular weight is 421 g/mol. The average Bonchev–Trinajstić information content (AvgIpc) is 2.62. The van der Waals surface area contributed by atoms with E-state index in [1.165, 1.54) is 30.3 Å². The minimum Gasteiger partial charge on any atom is -0.322 e. The third-order valence-electron chi connectivity index (χ3n) is 3.61. The first-order chi connectivity index (χ1) is 12.8. The van der Waals surface area contributed by atoms with Gasteiger partial charge in [-0.05, 0) is 66.7 Å². The second-order valence-electron chi connectivity index (χ2n) is 5.60. The maximum atomic E-state index is 12.4. The Balaban J connectivity index is 1.72. The molecule has 0 spiro atoms. The summed E-state index contributed by atoms with van der Waals surface area (Å²) in [4.78, 5) is 12.2. The van der Waals surface area contributed by atoms with E-state index in [-0.39, 0.29) is 10.8 Å². The zero-order valence-electron chi connectivity index (χ0n) is 13.8. The van der Waals surface area contributed by atoms with Gasteiger partial charge < -0.3 is 5.32 Å². The van der Waals surface area contributed by atoms with Crippen molar-refractivity contribution in [1.29, 1.82) is 0 Å². The van der Waals surface area contributed by atoms with E-state index >= 15 is 0 Å². The lowest BCUT2D eigenvalue weighted by Gasteiger charge is -2.10. The number of carbonyl (C=O) groups excluding carboxylic acids is 1. The van der Waals surface area contributed by atoms with Crippen molar-refractivity contribution in [3.8, 4) is 0 Å². The summed E-state index contributed by atoms with van der Waals surface area (Å²) in [5.41, 5.74) is 1.28. The molecule has 0 saturated carbocycles. The van der Waals surface area contributed by atoms with Crippen molar-refractivity contribution in [3.63, 3.8) is 0 Å². The number of benzene rings is 3. The lowest BCUT2D eigenvalue weighted by Crippen LogP contribution is -2.14. The van der Waals surface area contributed by atoms with E-state index in [4.69, 9.17) is 23.2 Å². The number of carbonyl (C=O) groups is 1. The minimum atomic E-state index is -3.77. The number of hydrogen-bond donors (Lipinski definition) is 2. The predicted molar refractivity (Wildman–Crippen MR) is 108 cm³/mol. The van der Waals surface area contributed by atoms with Gasteiger partial charge in [-0.25, -0.2) is 8.42 Å². The summed E-state index contributed by atoms with van der Waals surface area (Å²) in [5.74, 6) is -0.320. The molecule has 0 aliphatic heterocycles. The lowest BCUT2D eigenvalue weighted by molar-refractivity contribution is 0.102. The van der Waals surface area contributed by atoms with E-state index in [1.807, 2.05) is 0 Å². The molecule has 0 radical (unpaired) electrons. The Morgan fingerprint density at radius 1 is 0.778 bits per heavy atom. The van der Waals surface area contributed by atoms with Gasteiger partial charge in [0.15, 0.2) is 0 Å². The van der Waals surface area contributed by atoms with Crippen LogP contribution in [0.1, 0.15) is 10.4 Å². The van der Waals surface area contributed by atoms with Crippen LogP contribution in [0.25, 0.3) is 0 Å². The highest BCUT2D eigenvalue weighted by Crippen LogP contribution is 2.21. The molecule has 0 heterocycles. The summed E-state index contributed by atoms with van der Waals surface area (Å²) in [5, 5.41) is 3.66. The highest BCUT2D eigenvalue weighted by atomic mass is 35.5. The molecule has 3 aromatic rings. The van der Waals surface area contributed by atoms with Gasteiger partial charge in [0, 0.05) is 21.3 Å². The largest absolute Gasteiger partial charge is 0.322 e. The Labute approximate surface area is 167 Å². The van der Waals surface area contributed by atoms with Gasteiger partial charge in [-0.1, -0.05) is 29.3 Å². The molecule has 0 atom stereocenters. The highest BCUT2D eigenvalue weighted by molar-refractivity contribution is 7.92. The van der Waals surface area contributed by atoms with Gasteiger partial charge in [0.2, 0.25) is 0 Å². The van der Waals surface area contributed by atoms with E-state index in [1.54, 1.807) is 42.5 Å². The molecule has 1 amide bonds. The fourth-order valence-electron chi connectivity index (χ4n) is 2.29. The van der Waals surface area contributed by atoms with Crippen LogP contribution in [0, 0.1) is 0 Å². The number of amides is 1. The number of hydrogen-bond acceptors (Lipinski definition) is 3. The Kier molecular flexibility index (Phi) is 5.70. The fraction of sp³-hybridized carbons (Fsp3) is 0. The highest BCUT2D eigenvalue weighted by Gasteiger charge is 2.15. The first-order valence-electron chi connectivity index (χ1n) is 7.79. The van der Waals surface area contributed by atoms with Gasteiger partial charge in [0.1, 0.15) is 0 Å². The van der Waals surface area contributed by atoms with Gasteiger partial charge in [-0.15, -0.1) is 0 Å². The van der Waals surface area contributed by atoms with Gasteiger partial charge in [-0.2, -0.15) is 0 Å². The number of sulfonamides is 1.